The number of esters is 2. The van der Waals surface area contributed by atoms with E-state index in [1.54, 1.807) is 72.8 Å². The minimum absolute atomic E-state index is 0.122. The molecule has 0 bridgehead atoms. The average molecular weight is 570 g/mol. The molecule has 0 saturated heterocycles. The number of nitrogens with one attached hydrogen (secondary N) is 1. The van der Waals surface area contributed by atoms with E-state index >= 15 is 0 Å². The van der Waals surface area contributed by atoms with Gasteiger partial charge < -0.3 is 9.47 Å². The Morgan fingerprint density at radius 2 is 1.37 bits per heavy atom. The van der Waals surface area contributed by atoms with E-state index in [9.17, 15) is 24.5 Å². The van der Waals surface area contributed by atoms with Gasteiger partial charge in [-0.25, -0.2) is 15.0 Å². The van der Waals surface area contributed by atoms with E-state index in [0.29, 0.717) is 21.7 Å². The van der Waals surface area contributed by atoms with Gasteiger partial charge in [0.1, 0.15) is 11.5 Å². The maximum Gasteiger partial charge on any atom is 0.343 e. The van der Waals surface area contributed by atoms with Crippen LogP contribution in [-0.4, -0.2) is 29.0 Å². The van der Waals surface area contributed by atoms with Crippen LogP contribution in [0.1, 0.15) is 31.8 Å². The fourth-order valence-corrected chi connectivity index (χ4v) is 3.52. The highest BCUT2D eigenvalue weighted by Crippen LogP contribution is 2.22. The lowest BCUT2D eigenvalue weighted by Crippen LogP contribution is -2.17. The van der Waals surface area contributed by atoms with Crippen LogP contribution in [-0.2, 0) is 4.79 Å². The molecule has 0 radical (unpaired) electrons. The number of amides is 1. The lowest BCUT2D eigenvalue weighted by molar-refractivity contribution is -0.384. The van der Waals surface area contributed by atoms with Crippen LogP contribution in [0.4, 0.5) is 5.69 Å². The largest absolute Gasteiger partial charge is 0.423 e. The number of nitrogens with zero attached hydrogens (tertiary/aromatic N) is 2. The van der Waals surface area contributed by atoms with Crippen molar-refractivity contribution in [1.82, 2.24) is 5.43 Å². The molecule has 0 unspecified atom stereocenters. The van der Waals surface area contributed by atoms with E-state index in [1.165, 1.54) is 36.6 Å². The van der Waals surface area contributed by atoms with E-state index in [-0.39, 0.29) is 22.7 Å². The van der Waals surface area contributed by atoms with Crippen molar-refractivity contribution in [2.45, 2.75) is 0 Å². The number of ether oxygens (including phenoxy) is 2. The molecule has 4 aromatic carbocycles. The molecule has 0 aliphatic carbocycles. The number of non-ortho nitro benzene ring substituents is 1. The average Bonchev–Trinajstić information content (AvgIpc) is 2.98. The molecule has 0 atom stereocenters. The Bertz CT molecular complexity index is 1650. The number of para-hydroxylation sites is 2. The fourth-order valence-electron chi connectivity index (χ4n) is 3.40. The summed E-state index contributed by atoms with van der Waals surface area (Å²) in [7, 11) is 0. The second kappa shape index (κ2) is 13.5. The van der Waals surface area contributed by atoms with Crippen LogP contribution < -0.4 is 14.9 Å². The highest BCUT2D eigenvalue weighted by molar-refractivity contribution is 6.30. The van der Waals surface area contributed by atoms with Crippen molar-refractivity contribution in [1.29, 1.82) is 0 Å². The summed E-state index contributed by atoms with van der Waals surface area (Å²) in [5.74, 6) is -1.51. The number of benzene rings is 4. The maximum absolute atomic E-state index is 12.6. The first-order valence-corrected chi connectivity index (χ1v) is 12.3. The van der Waals surface area contributed by atoms with E-state index in [4.69, 9.17) is 21.1 Å². The zero-order valence-electron chi connectivity index (χ0n) is 21.1. The van der Waals surface area contributed by atoms with E-state index in [2.05, 4.69) is 10.5 Å². The molecule has 0 saturated carbocycles. The number of carbonyl (C=O) groups is 3. The van der Waals surface area contributed by atoms with Gasteiger partial charge in [-0.3, -0.25) is 14.9 Å². The summed E-state index contributed by atoms with van der Waals surface area (Å²) >= 11 is 5.84. The molecular weight excluding hydrogens is 550 g/mol. The van der Waals surface area contributed by atoms with Crippen molar-refractivity contribution in [3.63, 3.8) is 0 Å². The van der Waals surface area contributed by atoms with Gasteiger partial charge in [0, 0.05) is 39.9 Å². The molecule has 0 heterocycles. The van der Waals surface area contributed by atoms with Crippen LogP contribution >= 0.6 is 11.6 Å². The third-order valence-corrected chi connectivity index (χ3v) is 5.69. The Morgan fingerprint density at radius 3 is 2.02 bits per heavy atom. The second-order valence-corrected chi connectivity index (χ2v) is 8.67. The van der Waals surface area contributed by atoms with Gasteiger partial charge in [-0.05, 0) is 60.7 Å². The van der Waals surface area contributed by atoms with Gasteiger partial charge in [0.2, 0.25) is 0 Å². The summed E-state index contributed by atoms with van der Waals surface area (Å²) in [6.07, 6.45) is 3.92. The first kappa shape index (κ1) is 28.4. The summed E-state index contributed by atoms with van der Waals surface area (Å²) in [4.78, 5) is 47.6. The minimum Gasteiger partial charge on any atom is -0.423 e. The molecule has 204 valence electrons. The third kappa shape index (κ3) is 7.94. The molecule has 0 fully saturated rings. The van der Waals surface area contributed by atoms with E-state index < -0.39 is 22.8 Å². The fraction of sp³-hybridized carbons (Fsp3) is 0. The summed E-state index contributed by atoms with van der Waals surface area (Å²) in [6.45, 7) is 0. The molecule has 1 amide bonds. The summed E-state index contributed by atoms with van der Waals surface area (Å²) < 4.78 is 10.9. The number of hydrogen-bond donors (Lipinski definition) is 1. The highest BCUT2D eigenvalue weighted by atomic mass is 35.5. The summed E-state index contributed by atoms with van der Waals surface area (Å²) in [5, 5.41) is 15.3. The van der Waals surface area contributed by atoms with Crippen LogP contribution in [0.2, 0.25) is 5.02 Å². The minimum atomic E-state index is -0.723. The quantitative estimate of drug-likeness (QED) is 0.0666. The van der Waals surface area contributed by atoms with Crippen LogP contribution in [0, 0.1) is 10.1 Å². The lowest BCUT2D eigenvalue weighted by Gasteiger charge is -2.08. The predicted molar refractivity (Wildman–Crippen MR) is 152 cm³/mol. The van der Waals surface area contributed by atoms with Crippen molar-refractivity contribution >= 4 is 47.4 Å². The van der Waals surface area contributed by atoms with Crippen molar-refractivity contribution in [3.8, 4) is 11.5 Å². The van der Waals surface area contributed by atoms with Crippen molar-refractivity contribution in [2.24, 2.45) is 5.10 Å². The number of hydrazone groups is 1. The number of hydrogen-bond acceptors (Lipinski definition) is 8. The SMILES string of the molecule is O=C(/C=C/c1ccccc1OC(=O)c1ccc([N+](=O)[O-])cc1)Oc1ccccc1/C=N/NC(=O)c1ccc(Cl)cc1. The molecule has 11 heteroatoms. The molecule has 4 aromatic rings. The van der Waals surface area contributed by atoms with Crippen molar-refractivity contribution in [3.05, 3.63) is 141 Å². The Hall–Kier alpha value is -5.61. The summed E-state index contributed by atoms with van der Waals surface area (Å²) in [5.41, 5.74) is 3.58. The van der Waals surface area contributed by atoms with Gasteiger partial charge in [0.15, 0.2) is 0 Å². The van der Waals surface area contributed by atoms with Crippen molar-refractivity contribution < 1.29 is 28.8 Å². The molecule has 10 nitrogen and oxygen atoms in total. The molecule has 41 heavy (non-hydrogen) atoms. The molecule has 0 aliphatic rings. The van der Waals surface area contributed by atoms with Gasteiger partial charge >= 0.3 is 11.9 Å². The molecular formula is C30H20ClN3O7. The number of nitro groups is 1. The monoisotopic (exact) mass is 569 g/mol. The zero-order chi connectivity index (χ0) is 29.2. The lowest BCUT2D eigenvalue weighted by atomic mass is 10.1. The Kier molecular flexibility index (Phi) is 9.32. The molecule has 0 aromatic heterocycles. The van der Waals surface area contributed by atoms with Gasteiger partial charge in [0.25, 0.3) is 11.6 Å². The van der Waals surface area contributed by atoms with Crippen LogP contribution in [0.3, 0.4) is 0 Å². The van der Waals surface area contributed by atoms with Gasteiger partial charge in [-0.15, -0.1) is 0 Å². The Morgan fingerprint density at radius 1 is 0.780 bits per heavy atom. The molecule has 0 aliphatic heterocycles. The van der Waals surface area contributed by atoms with Crippen LogP contribution in [0.15, 0.2) is 108 Å². The number of carbonyl (C=O) groups excluding carboxylic acids is 3. The number of halogens is 1. The third-order valence-electron chi connectivity index (χ3n) is 5.44. The first-order chi connectivity index (χ1) is 19.8. The maximum atomic E-state index is 12.6. The molecule has 4 rings (SSSR count). The predicted octanol–water partition coefficient (Wildman–Crippen LogP) is 5.85. The second-order valence-electron chi connectivity index (χ2n) is 8.23. The van der Waals surface area contributed by atoms with Crippen molar-refractivity contribution in [2.75, 3.05) is 0 Å². The van der Waals surface area contributed by atoms with Crippen LogP contribution in [0.5, 0.6) is 11.5 Å². The Labute approximate surface area is 238 Å². The number of nitro benzene ring substituents is 1. The topological polar surface area (TPSA) is 137 Å². The molecule has 1 N–H and O–H groups in total. The standard InChI is InChI=1S/C30H20ClN3O7/c31-24-14-9-21(10-15-24)29(36)33-32-19-23-6-2-4-8-27(23)40-28(35)18-13-20-5-1-3-7-26(20)41-30(37)22-11-16-25(17-12-22)34(38)39/h1-19H,(H,33,36)/b18-13+,32-19+. The zero-order valence-corrected chi connectivity index (χ0v) is 21.9. The van der Waals surface area contributed by atoms with Gasteiger partial charge in [0.05, 0.1) is 16.7 Å². The summed E-state index contributed by atoms with van der Waals surface area (Å²) in [6, 6.07) is 24.4. The van der Waals surface area contributed by atoms with E-state index in [0.717, 1.165) is 6.08 Å². The van der Waals surface area contributed by atoms with Gasteiger partial charge in [-0.1, -0.05) is 41.9 Å². The highest BCUT2D eigenvalue weighted by Gasteiger charge is 2.13. The van der Waals surface area contributed by atoms with Gasteiger partial charge in [-0.2, -0.15) is 5.10 Å². The smallest absolute Gasteiger partial charge is 0.343 e. The normalized spacial score (nSPS) is 10.9. The number of rotatable bonds is 9. The first-order valence-electron chi connectivity index (χ1n) is 11.9. The molecule has 0 spiro atoms. The van der Waals surface area contributed by atoms with Crippen LogP contribution in [0.25, 0.3) is 6.08 Å². The van der Waals surface area contributed by atoms with E-state index in [1.807, 2.05) is 0 Å². The Balaban J connectivity index is 1.40.